The lowest BCUT2D eigenvalue weighted by Gasteiger charge is -2.27. The third kappa shape index (κ3) is 16.9. The molecule has 12 nitrogen and oxygen atoms in total. The molecule has 5 amide bonds. The maximum Gasteiger partial charge on any atom is 0.422 e. The van der Waals surface area contributed by atoms with Crippen LogP contribution in [0.5, 0.6) is 5.88 Å². The van der Waals surface area contributed by atoms with Gasteiger partial charge in [0.15, 0.2) is 5.88 Å². The summed E-state index contributed by atoms with van der Waals surface area (Å²) in [5.41, 5.74) is 0.566. The Bertz CT molecular complexity index is 4280. The number of aromatic amines is 1. The van der Waals surface area contributed by atoms with Crippen LogP contribution in [0.2, 0.25) is 0 Å². The first-order valence-corrected chi connectivity index (χ1v) is 41.2. The molecule has 0 bridgehead atoms. The minimum absolute atomic E-state index is 0.00507. The molecule has 0 unspecified atom stereocenters. The molecule has 0 saturated heterocycles. The number of H-pyrrole nitrogens is 1. The van der Waals surface area contributed by atoms with Gasteiger partial charge in [0.25, 0.3) is 17.7 Å². The Morgan fingerprint density at radius 3 is 1.04 bits per heavy atom. The largest absolute Gasteiger partial charge is 0.494 e. The van der Waals surface area contributed by atoms with Crippen LogP contribution in [0.25, 0.3) is 61.0 Å². The second kappa shape index (κ2) is 32.4. The molecule has 12 rings (SSSR count). The van der Waals surface area contributed by atoms with E-state index in [4.69, 9.17) is 9.47 Å². The zero-order valence-corrected chi connectivity index (χ0v) is 64.3. The summed E-state index contributed by atoms with van der Waals surface area (Å²) < 4.78 is 11.6. The molecule has 12 heterocycles. The summed E-state index contributed by atoms with van der Waals surface area (Å²) in [5, 5.41) is 11.0. The molecule has 0 aliphatic carbocycles. The number of aliphatic imine (C=N–C) groups is 1. The van der Waals surface area contributed by atoms with Gasteiger partial charge in [0.2, 0.25) is 0 Å². The van der Waals surface area contributed by atoms with E-state index < -0.39 is 35.2 Å². The average Bonchev–Trinajstić information content (AvgIpc) is 1.55. The summed E-state index contributed by atoms with van der Waals surface area (Å²) >= 11 is 13.2. The second-order valence-corrected chi connectivity index (χ2v) is 36.0. The van der Waals surface area contributed by atoms with Crippen LogP contribution in [-0.4, -0.2) is 66.7 Å². The summed E-state index contributed by atoms with van der Waals surface area (Å²) in [5.74, 6) is -1.74. The molecule has 20 heteroatoms. The van der Waals surface area contributed by atoms with E-state index in [1.54, 1.807) is 86.9 Å². The predicted octanol–water partition coefficient (Wildman–Crippen LogP) is 24.4. The van der Waals surface area contributed by atoms with E-state index in [2.05, 4.69) is 98.3 Å². The van der Waals surface area contributed by atoms with Crippen molar-refractivity contribution in [2.75, 3.05) is 0 Å². The highest BCUT2D eigenvalue weighted by atomic mass is 32.1. The number of nitrogens with one attached hydrogen (secondary N) is 1. The fourth-order valence-corrected chi connectivity index (χ4v) is 20.8. The van der Waals surface area contributed by atoms with Crippen LogP contribution >= 0.6 is 90.7 Å². The molecule has 0 radical (unpaired) electrons. The quantitative estimate of drug-likeness (QED) is 0.0459. The molecule has 3 aliphatic heterocycles. The molecule has 0 saturated carbocycles. The van der Waals surface area contributed by atoms with E-state index in [-0.39, 0.29) is 34.3 Å². The third-order valence-corrected chi connectivity index (χ3v) is 26.6. The van der Waals surface area contributed by atoms with E-state index in [9.17, 15) is 29.1 Å². The van der Waals surface area contributed by atoms with Gasteiger partial charge in [0, 0.05) is 58.5 Å². The Labute approximate surface area is 608 Å². The number of carbonyl (C=O) groups excluding carboxylic acids is 5. The summed E-state index contributed by atoms with van der Waals surface area (Å²) in [6, 6.07) is 33.3. The van der Waals surface area contributed by atoms with E-state index in [1.807, 2.05) is 59.1 Å². The Balaban J connectivity index is 0.000000206. The summed E-state index contributed by atoms with van der Waals surface area (Å²) in [7, 11) is 0. The van der Waals surface area contributed by atoms with Gasteiger partial charge >= 0.3 is 12.2 Å². The molecule has 0 fully saturated rings. The van der Waals surface area contributed by atoms with Crippen LogP contribution in [0, 0.1) is 0 Å². The Kier molecular flexibility index (Phi) is 24.0. The van der Waals surface area contributed by atoms with Crippen LogP contribution < -0.4 is 0 Å². The van der Waals surface area contributed by atoms with Gasteiger partial charge in [-0.1, -0.05) is 105 Å². The van der Waals surface area contributed by atoms with Crippen LogP contribution in [0.4, 0.5) is 9.59 Å². The van der Waals surface area contributed by atoms with E-state index in [0.29, 0.717) is 32.3 Å². The highest BCUT2D eigenvalue weighted by molar-refractivity contribution is 7.25. The molecule has 2 N–H and O–H groups in total. The van der Waals surface area contributed by atoms with Crippen molar-refractivity contribution >= 4 is 138 Å². The molecule has 516 valence electrons. The van der Waals surface area contributed by atoms with Gasteiger partial charge in [-0.2, -0.15) is 0 Å². The maximum atomic E-state index is 14.7. The van der Waals surface area contributed by atoms with Gasteiger partial charge in [0.1, 0.15) is 11.2 Å². The van der Waals surface area contributed by atoms with Gasteiger partial charge in [-0.15, -0.1) is 90.7 Å². The van der Waals surface area contributed by atoms with Crippen LogP contribution in [0.3, 0.4) is 0 Å². The van der Waals surface area contributed by atoms with E-state index in [0.717, 1.165) is 82.5 Å². The van der Waals surface area contributed by atoms with Gasteiger partial charge in [-0.25, -0.2) is 24.4 Å². The number of imide groups is 2. The molecule has 9 aromatic heterocycles. The Hall–Kier alpha value is -6.62. The molecule has 9 aromatic rings. The topological polar surface area (TPSA) is 159 Å². The molecular weight excluding hydrogens is 1380 g/mol. The molecule has 98 heavy (non-hydrogen) atoms. The van der Waals surface area contributed by atoms with Crippen molar-refractivity contribution in [3.05, 3.63) is 153 Å². The minimum atomic E-state index is -0.919. The Morgan fingerprint density at radius 2 is 0.694 bits per heavy atom. The van der Waals surface area contributed by atoms with Crippen molar-refractivity contribution in [3.8, 4) is 55.5 Å². The molecule has 3 aliphatic rings. The van der Waals surface area contributed by atoms with E-state index >= 15 is 0 Å². The molecule has 0 spiro atoms. The number of hydrogen-bond donors (Lipinski definition) is 2. The lowest BCUT2D eigenvalue weighted by molar-refractivity contribution is -0.123. The number of unbranched alkanes of at least 4 members (excludes halogenated alkanes) is 12. The number of nitrogens with zero attached hydrogens (tertiary/aromatic N) is 3. The number of carbonyl (C=O) groups is 5. The first-order valence-electron chi connectivity index (χ1n) is 34.6. The monoisotopic (exact) mass is 1460 g/mol. The van der Waals surface area contributed by atoms with Crippen molar-refractivity contribution < 1.29 is 38.6 Å². The van der Waals surface area contributed by atoms with E-state index in [1.165, 1.54) is 147 Å². The van der Waals surface area contributed by atoms with Crippen molar-refractivity contribution in [3.63, 3.8) is 0 Å². The first-order chi connectivity index (χ1) is 47.1. The number of hydrogen-bond acceptors (Lipinski definition) is 16. The highest BCUT2D eigenvalue weighted by Crippen LogP contribution is 2.52. The fourth-order valence-electron chi connectivity index (χ4n) is 12.1. The lowest BCUT2D eigenvalue weighted by atomic mass is 10.1. The summed E-state index contributed by atoms with van der Waals surface area (Å²) in [4.78, 5) is 97.4. The lowest BCUT2D eigenvalue weighted by Crippen LogP contribution is -2.40. The molecule has 0 atom stereocenters. The number of thiophene rings is 8. The summed E-state index contributed by atoms with van der Waals surface area (Å²) in [6.45, 7) is 19.3. The maximum absolute atomic E-state index is 14.7. The smallest absolute Gasteiger partial charge is 0.422 e. The number of aromatic nitrogens is 1. The Morgan fingerprint density at radius 1 is 0.398 bits per heavy atom. The van der Waals surface area contributed by atoms with Crippen LogP contribution in [0.15, 0.2) is 113 Å². The number of aryl methyl sites for hydroxylation is 4. The predicted molar refractivity (Wildman–Crippen MR) is 413 cm³/mol. The number of amides is 5. The van der Waals surface area contributed by atoms with Gasteiger partial charge in [-0.3, -0.25) is 14.4 Å². The first kappa shape index (κ1) is 72.6. The van der Waals surface area contributed by atoms with Crippen LogP contribution in [-0.2, 0) is 44.7 Å². The van der Waals surface area contributed by atoms with Gasteiger partial charge < -0.3 is 19.6 Å². The van der Waals surface area contributed by atoms with Gasteiger partial charge in [-0.05, 0) is 190 Å². The van der Waals surface area contributed by atoms with Crippen molar-refractivity contribution in [1.82, 2.24) is 14.8 Å². The average molecular weight is 1470 g/mol. The summed E-state index contributed by atoms with van der Waals surface area (Å²) in [6.07, 6.45) is 22.2. The van der Waals surface area contributed by atoms with Crippen molar-refractivity contribution in [2.45, 2.75) is 209 Å². The fraction of sp³-hybridized carbons (Fsp3) is 0.410. The standard InChI is InChI=1S/C44H52N2O6S4.C34H36N2O2S4/c1-9-11-13-15-17-27-19-21-29(53-27)31-23-25-33(55-31)37-35-36(40(48)45(37)41(49)51-43(3,4)5)38(46(39(35)47)42(50)52-44(6,7)8)34-26-24-32(56-34)30-22-20-28(54-30)18-16-14-12-10-2;1-3-5-7-9-11-21-13-15-23(39-21)25-17-19-27(41-25)31-29-30(34(38)35-31)32(36-33(29)37)28-20-18-26(42-28)24-16-14-22(40-24)12-10-8-6-4-2/h19-26H,9-18H2,1-8H3;13-20,35,38H,3-12H2,1-2H3. The SMILES string of the molecule is CCCCCCc1ccc(-c2ccc(C3=C4C(=O)N(C(=O)OC(C)(C)C)C(c5ccc(-c6ccc(CCCCCC)s6)s5)=C4C(=O)N3C(=O)OC(C)(C)C)s2)s1.CCCCCCc1ccc(-c2ccc(C3=NC(=O)c4c(-c5ccc(-c6ccc(CCCCCC)s6)s5)[nH]c(O)c43)s2)s1. The van der Waals surface area contributed by atoms with Crippen LogP contribution in [0.1, 0.15) is 222 Å². The number of ether oxygens (including phenoxy) is 2. The van der Waals surface area contributed by atoms with Gasteiger partial charge in [0.05, 0.1) is 64.6 Å². The minimum Gasteiger partial charge on any atom is -0.494 e. The number of fused-ring (bicyclic) bond motifs is 2. The normalized spacial score (nSPS) is 13.9. The number of aromatic hydroxyl groups is 1. The van der Waals surface area contributed by atoms with Crippen molar-refractivity contribution in [2.24, 2.45) is 4.99 Å². The highest BCUT2D eigenvalue weighted by Gasteiger charge is 2.55. The molecular formula is C78H88N4O8S8. The number of rotatable bonds is 28. The second-order valence-electron chi connectivity index (χ2n) is 27.0. The van der Waals surface area contributed by atoms with Crippen molar-refractivity contribution in [1.29, 1.82) is 0 Å². The zero-order chi connectivity index (χ0) is 69.4. The third-order valence-electron chi connectivity index (χ3n) is 16.9. The zero-order valence-electron chi connectivity index (χ0n) is 57.8. The molecule has 0 aromatic carbocycles.